The molecule has 1 saturated heterocycles. The zero-order valence-corrected chi connectivity index (χ0v) is 14.6. The molecule has 1 heterocycles. The van der Waals surface area contributed by atoms with Crippen molar-refractivity contribution >= 4 is 11.8 Å². The van der Waals surface area contributed by atoms with Crippen LogP contribution in [0.2, 0.25) is 0 Å². The van der Waals surface area contributed by atoms with E-state index in [0.29, 0.717) is 25.9 Å². The number of hydrogen-bond acceptors (Lipinski definition) is 2. The second kappa shape index (κ2) is 7.95. The van der Waals surface area contributed by atoms with E-state index in [1.165, 1.54) is 0 Å². The Morgan fingerprint density at radius 2 is 1.83 bits per heavy atom. The second-order valence-electron chi connectivity index (χ2n) is 6.33. The van der Waals surface area contributed by atoms with Gasteiger partial charge in [0.25, 0.3) is 0 Å². The molecule has 0 aromatic heterocycles. The number of carbonyl (C=O) groups excluding carboxylic acids is 2. The predicted octanol–water partition coefficient (Wildman–Crippen LogP) is 3.11. The molecular formula is C20H26N2O2. The molecule has 0 radical (unpaired) electrons. The molecule has 4 nitrogen and oxygen atoms in total. The first kappa shape index (κ1) is 18.0. The third-order valence-corrected chi connectivity index (χ3v) is 4.61. The Morgan fingerprint density at radius 3 is 2.38 bits per heavy atom. The molecule has 128 valence electrons. The van der Waals surface area contributed by atoms with Crippen LogP contribution in [0.1, 0.15) is 30.0 Å². The van der Waals surface area contributed by atoms with Crippen molar-refractivity contribution in [3.63, 3.8) is 0 Å². The predicted molar refractivity (Wildman–Crippen MR) is 96.4 cm³/mol. The Labute approximate surface area is 144 Å². The zero-order chi connectivity index (χ0) is 17.7. The number of aryl methyl sites for hydroxylation is 1. The molecule has 0 unspecified atom stereocenters. The van der Waals surface area contributed by atoms with Crippen LogP contribution in [0.3, 0.4) is 0 Å². The summed E-state index contributed by atoms with van der Waals surface area (Å²) in [5.74, 6) is -0.0985. The van der Waals surface area contributed by atoms with Gasteiger partial charge < -0.3 is 9.80 Å². The Balaban J connectivity index is 2.35. The van der Waals surface area contributed by atoms with E-state index in [0.717, 1.165) is 11.1 Å². The third kappa shape index (κ3) is 3.75. The standard InChI is InChI=1S/C20H26N2O2/c1-5-13-22(14-6-2)20(24)17-11-12-18(23)21(4)19(17)16-9-7-15(3)8-10-16/h5-10,17,19H,1-2,11-14H2,3-4H3/t17-,19-/m1/s1. The van der Waals surface area contributed by atoms with Crippen LogP contribution in [0.25, 0.3) is 0 Å². The van der Waals surface area contributed by atoms with Crippen LogP contribution < -0.4 is 0 Å². The second-order valence-corrected chi connectivity index (χ2v) is 6.33. The van der Waals surface area contributed by atoms with Gasteiger partial charge in [-0.1, -0.05) is 42.0 Å². The number of benzene rings is 1. The van der Waals surface area contributed by atoms with E-state index in [2.05, 4.69) is 13.2 Å². The lowest BCUT2D eigenvalue weighted by molar-refractivity contribution is -0.146. The molecule has 1 aliphatic rings. The molecular weight excluding hydrogens is 300 g/mol. The van der Waals surface area contributed by atoms with Crippen LogP contribution in [-0.4, -0.2) is 41.8 Å². The molecule has 1 fully saturated rings. The van der Waals surface area contributed by atoms with Crippen LogP contribution in [0.15, 0.2) is 49.6 Å². The average molecular weight is 326 g/mol. The molecule has 2 atom stereocenters. The maximum Gasteiger partial charge on any atom is 0.228 e. The molecule has 1 aromatic carbocycles. The van der Waals surface area contributed by atoms with E-state index in [1.807, 2.05) is 31.2 Å². The minimum Gasteiger partial charge on any atom is -0.338 e. The van der Waals surface area contributed by atoms with Gasteiger partial charge in [0.15, 0.2) is 0 Å². The summed E-state index contributed by atoms with van der Waals surface area (Å²) in [6.07, 6.45) is 4.43. The van der Waals surface area contributed by atoms with E-state index < -0.39 is 0 Å². The molecule has 0 bridgehead atoms. The van der Waals surface area contributed by atoms with Crippen molar-refractivity contribution < 1.29 is 9.59 Å². The Hall–Kier alpha value is -2.36. The summed E-state index contributed by atoms with van der Waals surface area (Å²) < 4.78 is 0. The van der Waals surface area contributed by atoms with E-state index in [-0.39, 0.29) is 23.8 Å². The number of amides is 2. The fourth-order valence-electron chi connectivity index (χ4n) is 3.32. The van der Waals surface area contributed by atoms with Gasteiger partial charge in [-0.15, -0.1) is 13.2 Å². The summed E-state index contributed by atoms with van der Waals surface area (Å²) in [5.41, 5.74) is 2.16. The highest BCUT2D eigenvalue weighted by Gasteiger charge is 2.40. The Kier molecular flexibility index (Phi) is 5.96. The lowest BCUT2D eigenvalue weighted by Crippen LogP contribution is -2.47. The average Bonchev–Trinajstić information content (AvgIpc) is 2.57. The first-order valence-corrected chi connectivity index (χ1v) is 8.32. The largest absolute Gasteiger partial charge is 0.338 e. The van der Waals surface area contributed by atoms with E-state index >= 15 is 0 Å². The summed E-state index contributed by atoms with van der Waals surface area (Å²) in [4.78, 5) is 28.7. The first-order chi connectivity index (χ1) is 11.5. The highest BCUT2D eigenvalue weighted by atomic mass is 16.2. The summed E-state index contributed by atoms with van der Waals surface area (Å²) in [7, 11) is 1.79. The van der Waals surface area contributed by atoms with E-state index in [1.54, 1.807) is 29.0 Å². The molecule has 2 rings (SSSR count). The Morgan fingerprint density at radius 1 is 1.25 bits per heavy atom. The molecule has 24 heavy (non-hydrogen) atoms. The molecule has 0 spiro atoms. The maximum absolute atomic E-state index is 13.1. The maximum atomic E-state index is 13.1. The van der Waals surface area contributed by atoms with E-state index in [4.69, 9.17) is 0 Å². The molecule has 0 N–H and O–H groups in total. The van der Waals surface area contributed by atoms with Crippen LogP contribution in [0.4, 0.5) is 0 Å². The van der Waals surface area contributed by atoms with Crippen molar-refractivity contribution in [1.29, 1.82) is 0 Å². The van der Waals surface area contributed by atoms with E-state index in [9.17, 15) is 9.59 Å². The minimum absolute atomic E-state index is 0.0553. The number of carbonyl (C=O) groups is 2. The van der Waals surface area contributed by atoms with Gasteiger partial charge in [-0.25, -0.2) is 0 Å². The van der Waals surface area contributed by atoms with Gasteiger partial charge in [0.05, 0.1) is 12.0 Å². The highest BCUT2D eigenvalue weighted by Crippen LogP contribution is 2.37. The smallest absolute Gasteiger partial charge is 0.228 e. The number of likely N-dealkylation sites (tertiary alicyclic amines) is 1. The fraction of sp³-hybridized carbons (Fsp3) is 0.400. The van der Waals surface area contributed by atoms with Crippen molar-refractivity contribution in [2.24, 2.45) is 5.92 Å². The van der Waals surface area contributed by atoms with Crippen LogP contribution in [0, 0.1) is 12.8 Å². The number of nitrogens with zero attached hydrogens (tertiary/aromatic N) is 2. The van der Waals surface area contributed by atoms with Crippen molar-refractivity contribution in [3.8, 4) is 0 Å². The SMILES string of the molecule is C=CCN(CC=C)C(=O)[C@@H]1CCC(=O)N(C)[C@@H]1c1ccc(C)cc1. The molecule has 0 aliphatic carbocycles. The van der Waals surface area contributed by atoms with Gasteiger partial charge in [-0.3, -0.25) is 9.59 Å². The Bertz CT molecular complexity index is 611. The van der Waals surface area contributed by atoms with Gasteiger partial charge in [0.1, 0.15) is 0 Å². The van der Waals surface area contributed by atoms with Gasteiger partial charge in [-0.05, 0) is 18.9 Å². The minimum atomic E-state index is -0.240. The van der Waals surface area contributed by atoms with Crippen LogP contribution >= 0.6 is 0 Å². The summed E-state index contributed by atoms with van der Waals surface area (Å²) >= 11 is 0. The highest BCUT2D eigenvalue weighted by molar-refractivity contribution is 5.85. The van der Waals surface area contributed by atoms with Gasteiger partial charge >= 0.3 is 0 Å². The van der Waals surface area contributed by atoms with Gasteiger partial charge in [0, 0.05) is 26.6 Å². The zero-order valence-electron chi connectivity index (χ0n) is 14.6. The summed E-state index contributed by atoms with van der Waals surface area (Å²) in [6, 6.07) is 7.85. The normalized spacial score (nSPS) is 20.6. The van der Waals surface area contributed by atoms with Crippen molar-refractivity contribution in [3.05, 3.63) is 60.7 Å². The molecule has 0 saturated carbocycles. The van der Waals surface area contributed by atoms with Crippen LogP contribution in [0.5, 0.6) is 0 Å². The van der Waals surface area contributed by atoms with Crippen molar-refractivity contribution in [1.82, 2.24) is 9.80 Å². The number of rotatable bonds is 6. The lowest BCUT2D eigenvalue weighted by Gasteiger charge is -2.40. The monoisotopic (exact) mass is 326 g/mol. The molecule has 1 aliphatic heterocycles. The fourth-order valence-corrected chi connectivity index (χ4v) is 3.32. The topological polar surface area (TPSA) is 40.6 Å². The van der Waals surface area contributed by atoms with Crippen molar-refractivity contribution in [2.45, 2.75) is 25.8 Å². The third-order valence-electron chi connectivity index (χ3n) is 4.61. The molecule has 1 aromatic rings. The summed E-state index contributed by atoms with van der Waals surface area (Å²) in [5, 5.41) is 0. The number of hydrogen-bond donors (Lipinski definition) is 0. The quantitative estimate of drug-likeness (QED) is 0.754. The van der Waals surface area contributed by atoms with Gasteiger partial charge in [0.2, 0.25) is 11.8 Å². The first-order valence-electron chi connectivity index (χ1n) is 8.32. The van der Waals surface area contributed by atoms with Gasteiger partial charge in [-0.2, -0.15) is 0 Å². The lowest BCUT2D eigenvalue weighted by atomic mass is 9.83. The number of piperidine rings is 1. The van der Waals surface area contributed by atoms with Crippen LogP contribution in [-0.2, 0) is 9.59 Å². The summed E-state index contributed by atoms with van der Waals surface area (Å²) in [6.45, 7) is 10.5. The van der Waals surface area contributed by atoms with Crippen molar-refractivity contribution in [2.75, 3.05) is 20.1 Å². The molecule has 4 heteroatoms. The molecule has 2 amide bonds.